The Morgan fingerprint density at radius 3 is 2.12 bits per heavy atom. The summed E-state index contributed by atoms with van der Waals surface area (Å²) >= 11 is 1.38. The standard InChI is InChI=1S/C18H15N3O2S/c1-12-11-24-18(19-12)21-17(23)14-7-9-15(10-8-14)20-16(22)13-5-3-2-4-6-13/h2-11H,1H3,(H,20,22)(H,19,21,23). The van der Waals surface area contributed by atoms with E-state index in [2.05, 4.69) is 15.6 Å². The average molecular weight is 337 g/mol. The molecule has 0 saturated carbocycles. The van der Waals surface area contributed by atoms with Crippen molar-refractivity contribution in [1.82, 2.24) is 4.98 Å². The van der Waals surface area contributed by atoms with Crippen LogP contribution >= 0.6 is 11.3 Å². The van der Waals surface area contributed by atoms with Gasteiger partial charge in [0.15, 0.2) is 5.13 Å². The molecule has 2 aromatic carbocycles. The van der Waals surface area contributed by atoms with Gasteiger partial charge in [-0.25, -0.2) is 4.98 Å². The van der Waals surface area contributed by atoms with Crippen molar-refractivity contribution in [2.75, 3.05) is 10.6 Å². The van der Waals surface area contributed by atoms with Crippen molar-refractivity contribution < 1.29 is 9.59 Å². The molecular formula is C18H15N3O2S. The Kier molecular flexibility index (Phi) is 4.67. The van der Waals surface area contributed by atoms with Crippen LogP contribution in [0.1, 0.15) is 26.4 Å². The fraction of sp³-hybridized carbons (Fsp3) is 0.0556. The van der Waals surface area contributed by atoms with Crippen LogP contribution in [0.25, 0.3) is 0 Å². The van der Waals surface area contributed by atoms with Gasteiger partial charge in [-0.2, -0.15) is 0 Å². The van der Waals surface area contributed by atoms with Gasteiger partial charge in [-0.1, -0.05) is 18.2 Å². The number of rotatable bonds is 4. The van der Waals surface area contributed by atoms with Gasteiger partial charge < -0.3 is 5.32 Å². The number of amides is 2. The molecule has 0 bridgehead atoms. The molecule has 0 aliphatic rings. The van der Waals surface area contributed by atoms with E-state index in [-0.39, 0.29) is 11.8 Å². The van der Waals surface area contributed by atoms with Crippen LogP contribution in [0.4, 0.5) is 10.8 Å². The molecule has 1 heterocycles. The molecule has 0 saturated heterocycles. The first-order valence-electron chi connectivity index (χ1n) is 7.32. The molecule has 2 amide bonds. The number of aromatic nitrogens is 1. The molecule has 24 heavy (non-hydrogen) atoms. The van der Waals surface area contributed by atoms with E-state index >= 15 is 0 Å². The summed E-state index contributed by atoms with van der Waals surface area (Å²) in [5, 5.41) is 7.98. The maximum atomic E-state index is 12.1. The Balaban J connectivity index is 1.64. The molecule has 0 fully saturated rings. The Morgan fingerprint density at radius 2 is 1.50 bits per heavy atom. The lowest BCUT2D eigenvalue weighted by Gasteiger charge is -2.06. The minimum atomic E-state index is -0.231. The second-order valence-corrected chi connectivity index (χ2v) is 6.00. The molecule has 0 spiro atoms. The van der Waals surface area contributed by atoms with Gasteiger partial charge in [-0.3, -0.25) is 14.9 Å². The van der Waals surface area contributed by atoms with Crippen molar-refractivity contribution in [3.05, 3.63) is 76.8 Å². The summed E-state index contributed by atoms with van der Waals surface area (Å²) in [5.74, 6) is -0.420. The molecule has 3 rings (SSSR count). The third-order valence-electron chi connectivity index (χ3n) is 3.28. The van der Waals surface area contributed by atoms with Gasteiger partial charge in [-0.15, -0.1) is 11.3 Å². The zero-order valence-corrected chi connectivity index (χ0v) is 13.8. The second-order valence-electron chi connectivity index (χ2n) is 5.15. The van der Waals surface area contributed by atoms with Crippen molar-refractivity contribution in [1.29, 1.82) is 0 Å². The van der Waals surface area contributed by atoms with Crippen LogP contribution in [-0.2, 0) is 0 Å². The zero-order chi connectivity index (χ0) is 16.9. The number of benzene rings is 2. The Hall–Kier alpha value is -2.99. The number of aryl methyl sites for hydroxylation is 1. The van der Waals surface area contributed by atoms with E-state index in [9.17, 15) is 9.59 Å². The van der Waals surface area contributed by atoms with Gasteiger partial charge in [0.25, 0.3) is 11.8 Å². The van der Waals surface area contributed by atoms with Gasteiger partial charge >= 0.3 is 0 Å². The highest BCUT2D eigenvalue weighted by atomic mass is 32.1. The van der Waals surface area contributed by atoms with Crippen LogP contribution in [0, 0.1) is 6.92 Å². The van der Waals surface area contributed by atoms with E-state index < -0.39 is 0 Å². The van der Waals surface area contributed by atoms with Gasteiger partial charge in [0.1, 0.15) is 0 Å². The second kappa shape index (κ2) is 7.06. The minimum absolute atomic E-state index is 0.189. The molecule has 1 aromatic heterocycles. The molecule has 6 heteroatoms. The van der Waals surface area contributed by atoms with Crippen molar-refractivity contribution in [3.63, 3.8) is 0 Å². The Morgan fingerprint density at radius 1 is 0.875 bits per heavy atom. The summed E-state index contributed by atoms with van der Waals surface area (Å²) in [5.41, 5.74) is 2.58. The lowest BCUT2D eigenvalue weighted by molar-refractivity contribution is 0.102. The van der Waals surface area contributed by atoms with Gasteiger partial charge in [0.05, 0.1) is 5.69 Å². The van der Waals surface area contributed by atoms with Crippen LogP contribution < -0.4 is 10.6 Å². The highest BCUT2D eigenvalue weighted by Gasteiger charge is 2.09. The predicted octanol–water partition coefficient (Wildman–Crippen LogP) is 3.96. The largest absolute Gasteiger partial charge is 0.322 e. The van der Waals surface area contributed by atoms with Crippen LogP contribution in [0.15, 0.2) is 60.0 Å². The zero-order valence-electron chi connectivity index (χ0n) is 12.9. The third-order valence-corrected chi connectivity index (χ3v) is 4.16. The van der Waals surface area contributed by atoms with Crippen molar-refractivity contribution in [2.24, 2.45) is 0 Å². The summed E-state index contributed by atoms with van der Waals surface area (Å²) in [6, 6.07) is 15.7. The van der Waals surface area contributed by atoms with E-state index in [0.29, 0.717) is 21.9 Å². The van der Waals surface area contributed by atoms with Crippen LogP contribution in [0.2, 0.25) is 0 Å². The van der Waals surface area contributed by atoms with Gasteiger partial charge in [-0.05, 0) is 43.3 Å². The van der Waals surface area contributed by atoms with E-state index in [1.165, 1.54) is 11.3 Å². The summed E-state index contributed by atoms with van der Waals surface area (Å²) < 4.78 is 0. The summed E-state index contributed by atoms with van der Waals surface area (Å²) in [7, 11) is 0. The number of hydrogen-bond acceptors (Lipinski definition) is 4. The summed E-state index contributed by atoms with van der Waals surface area (Å²) in [6.45, 7) is 1.87. The third kappa shape index (κ3) is 3.85. The number of hydrogen-bond donors (Lipinski definition) is 2. The molecule has 0 atom stereocenters. The van der Waals surface area contributed by atoms with Gasteiger partial charge in [0.2, 0.25) is 0 Å². The molecule has 3 aromatic rings. The highest BCUT2D eigenvalue weighted by molar-refractivity contribution is 7.13. The fourth-order valence-corrected chi connectivity index (χ4v) is 2.76. The van der Waals surface area contributed by atoms with Crippen molar-refractivity contribution >= 4 is 34.0 Å². The number of nitrogens with zero attached hydrogens (tertiary/aromatic N) is 1. The van der Waals surface area contributed by atoms with E-state index in [1.54, 1.807) is 36.4 Å². The van der Waals surface area contributed by atoms with E-state index in [0.717, 1.165) is 5.69 Å². The summed E-state index contributed by atoms with van der Waals surface area (Å²) in [4.78, 5) is 28.4. The molecule has 5 nitrogen and oxygen atoms in total. The molecule has 120 valence electrons. The lowest BCUT2D eigenvalue weighted by Crippen LogP contribution is -2.13. The SMILES string of the molecule is Cc1csc(NC(=O)c2ccc(NC(=O)c3ccccc3)cc2)n1. The number of carbonyl (C=O) groups is 2. The first-order valence-corrected chi connectivity index (χ1v) is 8.20. The highest BCUT2D eigenvalue weighted by Crippen LogP contribution is 2.17. The van der Waals surface area contributed by atoms with Crippen LogP contribution in [0.3, 0.4) is 0 Å². The molecule has 0 radical (unpaired) electrons. The quantitative estimate of drug-likeness (QED) is 0.757. The molecule has 0 aliphatic carbocycles. The number of nitrogens with one attached hydrogen (secondary N) is 2. The fourth-order valence-electron chi connectivity index (χ4n) is 2.08. The Labute approximate surface area is 143 Å². The first-order chi connectivity index (χ1) is 11.6. The molecule has 0 unspecified atom stereocenters. The number of anilines is 2. The first kappa shape index (κ1) is 15.9. The maximum absolute atomic E-state index is 12.1. The molecular weight excluding hydrogens is 322 g/mol. The average Bonchev–Trinajstić information content (AvgIpc) is 3.01. The number of carbonyl (C=O) groups excluding carboxylic acids is 2. The van der Waals surface area contributed by atoms with Crippen LogP contribution in [0.5, 0.6) is 0 Å². The normalized spacial score (nSPS) is 10.2. The molecule has 2 N–H and O–H groups in total. The van der Waals surface area contributed by atoms with Crippen molar-refractivity contribution in [2.45, 2.75) is 6.92 Å². The van der Waals surface area contributed by atoms with Gasteiger partial charge in [0, 0.05) is 22.2 Å². The summed E-state index contributed by atoms with van der Waals surface area (Å²) in [6.07, 6.45) is 0. The Bertz CT molecular complexity index is 857. The molecule has 0 aliphatic heterocycles. The monoisotopic (exact) mass is 337 g/mol. The van der Waals surface area contributed by atoms with E-state index in [1.807, 2.05) is 30.5 Å². The smallest absolute Gasteiger partial charge is 0.257 e. The number of thiazole rings is 1. The topological polar surface area (TPSA) is 71.1 Å². The lowest BCUT2D eigenvalue weighted by atomic mass is 10.1. The minimum Gasteiger partial charge on any atom is -0.322 e. The maximum Gasteiger partial charge on any atom is 0.257 e. The van der Waals surface area contributed by atoms with Crippen LogP contribution in [-0.4, -0.2) is 16.8 Å². The van der Waals surface area contributed by atoms with E-state index in [4.69, 9.17) is 0 Å². The van der Waals surface area contributed by atoms with Crippen molar-refractivity contribution in [3.8, 4) is 0 Å². The predicted molar refractivity (Wildman–Crippen MR) is 95.6 cm³/mol.